The van der Waals surface area contributed by atoms with Gasteiger partial charge in [0.05, 0.1) is 5.56 Å². The summed E-state index contributed by atoms with van der Waals surface area (Å²) in [5, 5.41) is 12.0. The van der Waals surface area contributed by atoms with Crippen molar-refractivity contribution in [2.24, 2.45) is 5.41 Å². The Bertz CT molecular complexity index is 807. The van der Waals surface area contributed by atoms with Crippen molar-refractivity contribution in [3.8, 4) is 11.1 Å². The maximum atomic E-state index is 14.2. The fourth-order valence-electron chi connectivity index (χ4n) is 2.15. The van der Waals surface area contributed by atoms with Gasteiger partial charge in [0, 0.05) is 16.7 Å². The Morgan fingerprint density at radius 2 is 1.75 bits per heavy atom. The fraction of sp³-hybridized carbons (Fsp3) is 0.263. The van der Waals surface area contributed by atoms with Gasteiger partial charge >= 0.3 is 5.97 Å². The highest BCUT2D eigenvalue weighted by Gasteiger charge is 2.22. The molecule has 4 nitrogen and oxygen atoms in total. The fourth-order valence-corrected chi connectivity index (χ4v) is 2.15. The van der Waals surface area contributed by atoms with Gasteiger partial charge in [-0.1, -0.05) is 32.9 Å². The van der Waals surface area contributed by atoms with E-state index in [1.165, 1.54) is 18.2 Å². The highest BCUT2D eigenvalue weighted by molar-refractivity contribution is 5.97. The Labute approximate surface area is 140 Å². The number of carboxylic acid groups (broad SMARTS) is 1. The summed E-state index contributed by atoms with van der Waals surface area (Å²) in [4.78, 5) is 23.5. The molecular formula is C19H20FNO3. The number of carbonyl (C=O) groups excluding carboxylic acids is 1. The first kappa shape index (κ1) is 17.7. The molecule has 0 aromatic heterocycles. The minimum absolute atomic E-state index is 0.0170. The van der Waals surface area contributed by atoms with Crippen molar-refractivity contribution in [3.63, 3.8) is 0 Å². The summed E-state index contributed by atoms with van der Waals surface area (Å²) < 4.78 is 14.2. The third kappa shape index (κ3) is 3.98. The zero-order valence-electron chi connectivity index (χ0n) is 14.1. The zero-order valence-corrected chi connectivity index (χ0v) is 14.1. The number of aromatic carboxylic acids is 1. The average Bonchev–Trinajstić information content (AvgIpc) is 2.45. The first-order valence-corrected chi connectivity index (χ1v) is 7.54. The molecule has 2 aromatic carbocycles. The zero-order chi connectivity index (χ0) is 18.1. The summed E-state index contributed by atoms with van der Waals surface area (Å²) in [5.74, 6) is -1.83. The molecule has 1 amide bonds. The number of amides is 1. The molecule has 0 atom stereocenters. The van der Waals surface area contributed by atoms with E-state index < -0.39 is 17.2 Å². The molecule has 0 aliphatic heterocycles. The summed E-state index contributed by atoms with van der Waals surface area (Å²) in [6.07, 6.45) is 0. The van der Waals surface area contributed by atoms with Gasteiger partial charge in [-0.15, -0.1) is 0 Å². The van der Waals surface area contributed by atoms with Gasteiger partial charge in [-0.2, -0.15) is 0 Å². The van der Waals surface area contributed by atoms with Crippen LogP contribution in [0.4, 0.5) is 10.1 Å². The average molecular weight is 329 g/mol. The smallest absolute Gasteiger partial charge is 0.335 e. The Hall–Kier alpha value is -2.69. The lowest BCUT2D eigenvalue weighted by Gasteiger charge is -2.18. The van der Waals surface area contributed by atoms with E-state index in [1.54, 1.807) is 45.9 Å². The van der Waals surface area contributed by atoms with Crippen LogP contribution in [-0.4, -0.2) is 17.0 Å². The summed E-state index contributed by atoms with van der Waals surface area (Å²) in [7, 11) is 0. The molecule has 0 unspecified atom stereocenters. The van der Waals surface area contributed by atoms with Crippen LogP contribution in [0.2, 0.25) is 0 Å². The molecule has 5 heteroatoms. The van der Waals surface area contributed by atoms with Gasteiger partial charge in [0.2, 0.25) is 5.91 Å². The van der Waals surface area contributed by atoms with Crippen LogP contribution < -0.4 is 5.32 Å². The number of hydrogen-bond donors (Lipinski definition) is 2. The van der Waals surface area contributed by atoms with Gasteiger partial charge in [0.15, 0.2) is 0 Å². The van der Waals surface area contributed by atoms with Crippen molar-refractivity contribution in [1.82, 2.24) is 0 Å². The molecule has 2 N–H and O–H groups in total. The van der Waals surface area contributed by atoms with Crippen molar-refractivity contribution in [2.45, 2.75) is 27.7 Å². The largest absolute Gasteiger partial charge is 0.478 e. The number of nitrogens with one attached hydrogen (secondary N) is 1. The first-order chi connectivity index (χ1) is 11.1. The number of hydrogen-bond acceptors (Lipinski definition) is 2. The lowest BCUT2D eigenvalue weighted by Crippen LogP contribution is -2.27. The lowest BCUT2D eigenvalue weighted by molar-refractivity contribution is -0.123. The summed E-state index contributed by atoms with van der Waals surface area (Å²) in [6, 6.07) is 9.06. The SMILES string of the molecule is Cc1ccc(-c2cc(NC(=O)C(C)(C)C)cc(C(=O)O)c2)c(F)c1. The quantitative estimate of drug-likeness (QED) is 0.872. The molecule has 0 aliphatic rings. The Morgan fingerprint density at radius 3 is 2.29 bits per heavy atom. The van der Waals surface area contributed by atoms with Crippen LogP contribution in [0.5, 0.6) is 0 Å². The number of benzene rings is 2. The predicted molar refractivity (Wildman–Crippen MR) is 91.6 cm³/mol. The van der Waals surface area contributed by atoms with Crippen LogP contribution in [0.25, 0.3) is 11.1 Å². The summed E-state index contributed by atoms with van der Waals surface area (Å²) >= 11 is 0. The second-order valence-corrected chi connectivity index (χ2v) is 6.79. The molecular weight excluding hydrogens is 309 g/mol. The van der Waals surface area contributed by atoms with E-state index in [-0.39, 0.29) is 17.0 Å². The molecule has 24 heavy (non-hydrogen) atoms. The van der Waals surface area contributed by atoms with Gasteiger partial charge in [-0.3, -0.25) is 4.79 Å². The van der Waals surface area contributed by atoms with Gasteiger partial charge in [0.1, 0.15) is 5.82 Å². The molecule has 2 rings (SSSR count). The molecule has 0 bridgehead atoms. The molecule has 0 spiro atoms. The second kappa shape index (κ2) is 6.43. The van der Waals surface area contributed by atoms with E-state index in [4.69, 9.17) is 0 Å². The number of anilines is 1. The number of halogens is 1. The minimum atomic E-state index is -1.14. The van der Waals surface area contributed by atoms with Crippen LogP contribution in [0.3, 0.4) is 0 Å². The molecule has 126 valence electrons. The van der Waals surface area contributed by atoms with Gasteiger partial charge in [0.25, 0.3) is 0 Å². The topological polar surface area (TPSA) is 66.4 Å². The van der Waals surface area contributed by atoms with Crippen LogP contribution in [-0.2, 0) is 4.79 Å². The molecule has 0 aliphatic carbocycles. The third-order valence-corrected chi connectivity index (χ3v) is 3.55. The van der Waals surface area contributed by atoms with Crippen LogP contribution in [0, 0.1) is 18.2 Å². The molecule has 0 radical (unpaired) electrons. The monoisotopic (exact) mass is 329 g/mol. The number of carbonyl (C=O) groups is 2. The molecule has 0 heterocycles. The van der Waals surface area contributed by atoms with E-state index >= 15 is 0 Å². The van der Waals surface area contributed by atoms with Gasteiger partial charge < -0.3 is 10.4 Å². The van der Waals surface area contributed by atoms with Crippen molar-refractivity contribution in [1.29, 1.82) is 0 Å². The normalized spacial score (nSPS) is 11.2. The highest BCUT2D eigenvalue weighted by atomic mass is 19.1. The molecule has 0 saturated heterocycles. The number of aryl methyl sites for hydroxylation is 1. The minimum Gasteiger partial charge on any atom is -0.478 e. The van der Waals surface area contributed by atoms with Crippen LogP contribution in [0.1, 0.15) is 36.7 Å². The van der Waals surface area contributed by atoms with Crippen molar-refractivity contribution in [2.75, 3.05) is 5.32 Å². The Balaban J connectivity index is 2.52. The number of rotatable bonds is 3. The van der Waals surface area contributed by atoms with E-state index in [9.17, 15) is 19.1 Å². The standard InChI is InChI=1S/C19H20FNO3/c1-11-5-6-15(16(20)7-11)12-8-13(17(22)23)10-14(9-12)21-18(24)19(2,3)4/h5-10H,1-4H3,(H,21,24)(H,22,23). The van der Waals surface area contributed by atoms with E-state index in [1.807, 2.05) is 0 Å². The van der Waals surface area contributed by atoms with Crippen molar-refractivity contribution < 1.29 is 19.1 Å². The van der Waals surface area contributed by atoms with E-state index in [0.717, 1.165) is 5.56 Å². The van der Waals surface area contributed by atoms with Gasteiger partial charge in [-0.05, 0) is 42.3 Å². The highest BCUT2D eigenvalue weighted by Crippen LogP contribution is 2.29. The summed E-state index contributed by atoms with van der Waals surface area (Å²) in [6.45, 7) is 7.04. The maximum Gasteiger partial charge on any atom is 0.335 e. The third-order valence-electron chi connectivity index (χ3n) is 3.55. The summed E-state index contributed by atoms with van der Waals surface area (Å²) in [5.41, 5.74) is 1.13. The van der Waals surface area contributed by atoms with Crippen molar-refractivity contribution >= 4 is 17.6 Å². The predicted octanol–water partition coefficient (Wildman–Crippen LogP) is 4.48. The van der Waals surface area contributed by atoms with Crippen LogP contribution >= 0.6 is 0 Å². The maximum absolute atomic E-state index is 14.2. The molecule has 2 aromatic rings. The number of carboxylic acids is 1. The molecule has 0 fully saturated rings. The Kier molecular flexibility index (Phi) is 4.73. The Morgan fingerprint density at radius 1 is 1.08 bits per heavy atom. The van der Waals surface area contributed by atoms with E-state index in [2.05, 4.69) is 5.32 Å². The van der Waals surface area contributed by atoms with Crippen molar-refractivity contribution in [3.05, 3.63) is 53.3 Å². The van der Waals surface area contributed by atoms with Crippen LogP contribution in [0.15, 0.2) is 36.4 Å². The lowest BCUT2D eigenvalue weighted by atomic mass is 9.95. The van der Waals surface area contributed by atoms with E-state index in [0.29, 0.717) is 11.3 Å². The second-order valence-electron chi connectivity index (χ2n) is 6.79. The van der Waals surface area contributed by atoms with Gasteiger partial charge in [-0.25, -0.2) is 9.18 Å². The molecule has 0 saturated carbocycles. The first-order valence-electron chi connectivity index (χ1n) is 7.54.